The topological polar surface area (TPSA) is 33.7 Å². The lowest BCUT2D eigenvalue weighted by molar-refractivity contribution is 0.111. The highest BCUT2D eigenvalue weighted by Crippen LogP contribution is 2.31. The predicted molar refractivity (Wildman–Crippen MR) is 88.9 cm³/mol. The highest BCUT2D eigenvalue weighted by Gasteiger charge is 2.20. The van der Waals surface area contributed by atoms with Crippen molar-refractivity contribution >= 4 is 0 Å². The molecule has 0 radical (unpaired) electrons. The molecule has 0 spiro atoms. The normalized spacial score (nSPS) is 23.6. The largest absolute Gasteiger partial charge is 0.493 e. The Balaban J connectivity index is 1.63. The first kappa shape index (κ1) is 15.6. The first-order valence-corrected chi connectivity index (χ1v) is 8.50. The number of rotatable bonds is 5. The molecule has 2 aliphatic rings. The van der Waals surface area contributed by atoms with E-state index in [1.54, 1.807) is 7.11 Å². The van der Waals surface area contributed by atoms with Crippen LogP contribution in [0.5, 0.6) is 11.5 Å². The van der Waals surface area contributed by atoms with Crippen LogP contribution in [-0.2, 0) is 6.42 Å². The number of hydrogen-bond acceptors (Lipinski definition) is 4. The second kappa shape index (κ2) is 7.34. The van der Waals surface area contributed by atoms with Crippen molar-refractivity contribution in [2.75, 3.05) is 33.8 Å². The second-order valence-corrected chi connectivity index (χ2v) is 6.60. The minimum atomic E-state index is 0.312. The van der Waals surface area contributed by atoms with Gasteiger partial charge in [-0.2, -0.15) is 0 Å². The molecule has 1 aromatic rings. The lowest BCUT2D eigenvalue weighted by Crippen LogP contribution is -2.35. The summed E-state index contributed by atoms with van der Waals surface area (Å²) in [5.74, 6) is 1.76. The van der Waals surface area contributed by atoms with Crippen LogP contribution < -0.4 is 14.8 Å². The molecule has 1 atom stereocenters. The van der Waals surface area contributed by atoms with E-state index in [-0.39, 0.29) is 0 Å². The van der Waals surface area contributed by atoms with Gasteiger partial charge in [-0.15, -0.1) is 0 Å². The molecule has 3 rings (SSSR count). The molecule has 0 amide bonds. The maximum absolute atomic E-state index is 6.18. The summed E-state index contributed by atoms with van der Waals surface area (Å²) in [5, 5.41) is 3.55. The van der Waals surface area contributed by atoms with Gasteiger partial charge in [-0.1, -0.05) is 6.07 Å². The molecule has 1 N–H and O–H groups in total. The molecular weight excluding hydrogens is 276 g/mol. The predicted octanol–water partition coefficient (Wildman–Crippen LogP) is 2.46. The van der Waals surface area contributed by atoms with Gasteiger partial charge in [0, 0.05) is 19.1 Å². The van der Waals surface area contributed by atoms with E-state index in [0.717, 1.165) is 50.4 Å². The molecular formula is C18H28N2O2. The van der Waals surface area contributed by atoms with Crippen LogP contribution in [0, 0.1) is 0 Å². The highest BCUT2D eigenvalue weighted by molar-refractivity contribution is 5.43. The van der Waals surface area contributed by atoms with Gasteiger partial charge in [0.05, 0.1) is 7.11 Å². The van der Waals surface area contributed by atoms with Gasteiger partial charge >= 0.3 is 0 Å². The van der Waals surface area contributed by atoms with Gasteiger partial charge in [0.25, 0.3) is 0 Å². The number of ether oxygens (including phenoxy) is 2. The molecule has 0 bridgehead atoms. The molecule has 0 aliphatic carbocycles. The number of methoxy groups -OCH3 is 1. The van der Waals surface area contributed by atoms with Gasteiger partial charge in [-0.05, 0) is 63.4 Å². The van der Waals surface area contributed by atoms with E-state index >= 15 is 0 Å². The SMILES string of the molecule is COc1cc(CC2CCCN2)ccc1OC1CCN(C)CC1. The molecule has 0 aromatic heterocycles. The van der Waals surface area contributed by atoms with Crippen molar-refractivity contribution in [1.82, 2.24) is 10.2 Å². The van der Waals surface area contributed by atoms with Gasteiger partial charge in [0.1, 0.15) is 6.10 Å². The summed E-state index contributed by atoms with van der Waals surface area (Å²) < 4.78 is 11.7. The standard InChI is InChI=1S/C18H28N2O2/c1-20-10-7-16(8-11-20)22-17-6-5-14(13-18(17)21-2)12-15-4-3-9-19-15/h5-6,13,15-16,19H,3-4,7-12H2,1-2H3. The van der Waals surface area contributed by atoms with Gasteiger partial charge in [-0.3, -0.25) is 0 Å². The molecule has 2 heterocycles. The molecule has 4 heteroatoms. The first-order valence-electron chi connectivity index (χ1n) is 8.50. The highest BCUT2D eigenvalue weighted by atomic mass is 16.5. The van der Waals surface area contributed by atoms with Crippen LogP contribution in [0.25, 0.3) is 0 Å². The van der Waals surface area contributed by atoms with E-state index in [9.17, 15) is 0 Å². The molecule has 2 saturated heterocycles. The van der Waals surface area contributed by atoms with E-state index in [1.165, 1.54) is 18.4 Å². The zero-order chi connectivity index (χ0) is 15.4. The number of nitrogens with one attached hydrogen (secondary N) is 1. The summed E-state index contributed by atoms with van der Waals surface area (Å²) >= 11 is 0. The average molecular weight is 304 g/mol. The number of likely N-dealkylation sites (tertiary alicyclic amines) is 1. The quantitative estimate of drug-likeness (QED) is 0.906. The Morgan fingerprint density at radius 1 is 1.18 bits per heavy atom. The minimum absolute atomic E-state index is 0.312. The average Bonchev–Trinajstić information content (AvgIpc) is 3.04. The third kappa shape index (κ3) is 3.93. The lowest BCUT2D eigenvalue weighted by atomic mass is 10.0. The van der Waals surface area contributed by atoms with Gasteiger partial charge in [-0.25, -0.2) is 0 Å². The minimum Gasteiger partial charge on any atom is -0.493 e. The lowest BCUT2D eigenvalue weighted by Gasteiger charge is -2.29. The van der Waals surface area contributed by atoms with Crippen molar-refractivity contribution in [2.45, 2.75) is 44.2 Å². The Kier molecular flexibility index (Phi) is 5.21. The van der Waals surface area contributed by atoms with E-state index in [0.29, 0.717) is 12.1 Å². The Labute approximate surface area is 133 Å². The summed E-state index contributed by atoms with van der Waals surface area (Å²) in [6.07, 6.45) is 6.13. The van der Waals surface area contributed by atoms with Crippen molar-refractivity contribution < 1.29 is 9.47 Å². The van der Waals surface area contributed by atoms with Crippen LogP contribution in [0.2, 0.25) is 0 Å². The van der Waals surface area contributed by atoms with Crippen molar-refractivity contribution in [3.8, 4) is 11.5 Å². The van der Waals surface area contributed by atoms with Crippen LogP contribution in [0.4, 0.5) is 0 Å². The smallest absolute Gasteiger partial charge is 0.161 e. The van der Waals surface area contributed by atoms with Crippen LogP contribution >= 0.6 is 0 Å². The fourth-order valence-electron chi connectivity index (χ4n) is 3.43. The monoisotopic (exact) mass is 304 g/mol. The molecule has 0 saturated carbocycles. The molecule has 1 unspecified atom stereocenters. The van der Waals surface area contributed by atoms with E-state index in [2.05, 4.69) is 35.5 Å². The van der Waals surface area contributed by atoms with Gasteiger partial charge < -0.3 is 19.7 Å². The van der Waals surface area contributed by atoms with Crippen molar-refractivity contribution in [2.24, 2.45) is 0 Å². The fraction of sp³-hybridized carbons (Fsp3) is 0.667. The van der Waals surface area contributed by atoms with Crippen LogP contribution in [0.15, 0.2) is 18.2 Å². The zero-order valence-electron chi connectivity index (χ0n) is 13.8. The fourth-order valence-corrected chi connectivity index (χ4v) is 3.43. The molecule has 122 valence electrons. The molecule has 4 nitrogen and oxygen atoms in total. The van der Waals surface area contributed by atoms with Crippen LogP contribution in [0.1, 0.15) is 31.2 Å². The number of piperidine rings is 1. The van der Waals surface area contributed by atoms with Crippen LogP contribution in [0.3, 0.4) is 0 Å². The molecule has 2 fully saturated rings. The van der Waals surface area contributed by atoms with Crippen molar-refractivity contribution in [1.29, 1.82) is 0 Å². The summed E-state index contributed by atoms with van der Waals surface area (Å²) in [6.45, 7) is 3.37. The number of nitrogens with zero attached hydrogens (tertiary/aromatic N) is 1. The Hall–Kier alpha value is -1.26. The van der Waals surface area contributed by atoms with Crippen molar-refractivity contribution in [3.05, 3.63) is 23.8 Å². The van der Waals surface area contributed by atoms with Crippen molar-refractivity contribution in [3.63, 3.8) is 0 Å². The Morgan fingerprint density at radius 3 is 2.68 bits per heavy atom. The summed E-state index contributed by atoms with van der Waals surface area (Å²) in [7, 11) is 3.90. The zero-order valence-corrected chi connectivity index (χ0v) is 13.8. The second-order valence-electron chi connectivity index (χ2n) is 6.60. The van der Waals surface area contributed by atoms with E-state index in [4.69, 9.17) is 9.47 Å². The molecule has 22 heavy (non-hydrogen) atoms. The first-order chi connectivity index (χ1) is 10.7. The summed E-state index contributed by atoms with van der Waals surface area (Å²) in [5.41, 5.74) is 1.33. The molecule has 2 aliphatic heterocycles. The number of hydrogen-bond donors (Lipinski definition) is 1. The molecule has 1 aromatic carbocycles. The Bertz CT molecular complexity index is 478. The third-order valence-corrected chi connectivity index (χ3v) is 4.83. The number of benzene rings is 1. The maximum Gasteiger partial charge on any atom is 0.161 e. The van der Waals surface area contributed by atoms with Gasteiger partial charge in [0.15, 0.2) is 11.5 Å². The summed E-state index contributed by atoms with van der Waals surface area (Å²) in [4.78, 5) is 2.36. The summed E-state index contributed by atoms with van der Waals surface area (Å²) in [6, 6.07) is 7.03. The van der Waals surface area contributed by atoms with Crippen LogP contribution in [-0.4, -0.2) is 50.8 Å². The third-order valence-electron chi connectivity index (χ3n) is 4.83. The van der Waals surface area contributed by atoms with E-state index in [1.807, 2.05) is 0 Å². The van der Waals surface area contributed by atoms with Gasteiger partial charge in [0.2, 0.25) is 0 Å². The maximum atomic E-state index is 6.18. The Morgan fingerprint density at radius 2 is 2.00 bits per heavy atom. The van der Waals surface area contributed by atoms with E-state index < -0.39 is 0 Å².